The molecule has 26 heavy (non-hydrogen) atoms. The molecule has 0 spiro atoms. The van der Waals surface area contributed by atoms with E-state index in [1.54, 1.807) is 12.3 Å². The molecule has 8 heteroatoms. The lowest BCUT2D eigenvalue weighted by atomic mass is 9.88. The maximum absolute atomic E-state index is 12.9. The van der Waals surface area contributed by atoms with Gasteiger partial charge in [0.05, 0.1) is 5.92 Å². The molecule has 0 saturated heterocycles. The lowest BCUT2D eigenvalue weighted by molar-refractivity contribution is -0.118. The Morgan fingerprint density at radius 3 is 2.54 bits per heavy atom. The van der Waals surface area contributed by atoms with Crippen LogP contribution in [0.4, 0.5) is 5.13 Å². The van der Waals surface area contributed by atoms with E-state index in [4.69, 9.17) is 0 Å². The van der Waals surface area contributed by atoms with Crippen LogP contribution in [-0.4, -0.2) is 30.5 Å². The summed E-state index contributed by atoms with van der Waals surface area (Å²) in [5.74, 6) is 0.0435. The summed E-state index contributed by atoms with van der Waals surface area (Å²) in [4.78, 5) is 22.2. The van der Waals surface area contributed by atoms with Crippen LogP contribution in [0.1, 0.15) is 48.5 Å². The smallest absolute Gasteiger partial charge is 0.233 e. The lowest BCUT2D eigenvalue weighted by Crippen LogP contribution is -2.23. The quantitative estimate of drug-likeness (QED) is 0.811. The Kier molecular flexibility index (Phi) is 5.72. The summed E-state index contributed by atoms with van der Waals surface area (Å²) in [5, 5.41) is 3.52. The summed E-state index contributed by atoms with van der Waals surface area (Å²) in [7, 11) is -3.35. The monoisotopic (exact) mass is 393 g/mol. The van der Waals surface area contributed by atoms with Gasteiger partial charge in [-0.25, -0.2) is 18.4 Å². The van der Waals surface area contributed by atoms with Crippen molar-refractivity contribution in [2.24, 2.45) is 5.92 Å². The zero-order valence-electron chi connectivity index (χ0n) is 14.9. The molecule has 1 amide bonds. The number of nitrogens with zero attached hydrogens (tertiary/aromatic N) is 2. The van der Waals surface area contributed by atoms with Crippen LogP contribution >= 0.6 is 11.3 Å². The normalized spacial score (nSPS) is 16.5. The molecule has 1 unspecified atom stereocenters. The van der Waals surface area contributed by atoms with Crippen molar-refractivity contribution in [3.05, 3.63) is 35.0 Å². The Balaban J connectivity index is 1.83. The van der Waals surface area contributed by atoms with Gasteiger partial charge < -0.3 is 5.32 Å². The van der Waals surface area contributed by atoms with E-state index in [1.165, 1.54) is 36.4 Å². The second-order valence-corrected chi connectivity index (χ2v) is 10.1. The van der Waals surface area contributed by atoms with Gasteiger partial charge in [-0.05, 0) is 30.9 Å². The molecule has 0 bridgehead atoms. The first-order valence-corrected chi connectivity index (χ1v) is 11.4. The third-order valence-electron chi connectivity index (χ3n) is 4.75. The first-order valence-electron chi connectivity index (χ1n) is 8.72. The van der Waals surface area contributed by atoms with Crippen LogP contribution in [-0.2, 0) is 14.6 Å². The molecule has 1 atom stereocenters. The van der Waals surface area contributed by atoms with E-state index in [9.17, 15) is 13.2 Å². The molecule has 1 fully saturated rings. The molecule has 3 rings (SSSR count). The van der Waals surface area contributed by atoms with Crippen LogP contribution in [0.2, 0.25) is 0 Å². The average Bonchev–Trinajstić information content (AvgIpc) is 3.23. The molecule has 0 radical (unpaired) electrons. The van der Waals surface area contributed by atoms with Crippen molar-refractivity contribution in [3.63, 3.8) is 0 Å². The largest absolute Gasteiger partial charge is 0.301 e. The summed E-state index contributed by atoms with van der Waals surface area (Å²) < 4.78 is 23.2. The van der Waals surface area contributed by atoms with Crippen LogP contribution in [0.3, 0.4) is 0 Å². The second kappa shape index (κ2) is 7.84. The van der Waals surface area contributed by atoms with E-state index in [1.807, 2.05) is 6.92 Å². The molecule has 2 heterocycles. The molecular weight excluding hydrogens is 370 g/mol. The molecule has 2 aromatic rings. The average molecular weight is 394 g/mol. The number of carbonyl (C=O) groups excluding carboxylic acids is 1. The highest BCUT2D eigenvalue weighted by Gasteiger charge is 2.28. The van der Waals surface area contributed by atoms with Crippen molar-refractivity contribution in [3.8, 4) is 0 Å². The maximum Gasteiger partial charge on any atom is 0.233 e. The first kappa shape index (κ1) is 19.0. The summed E-state index contributed by atoms with van der Waals surface area (Å²) in [5.41, 5.74) is 0.745. The SMILES string of the molecule is Cc1cnc(NC(=O)C(CC2CCCC2)c2ccc(S(C)(=O)=O)nc2)s1. The Bertz CT molecular complexity index is 869. The van der Waals surface area contributed by atoms with Crippen molar-refractivity contribution < 1.29 is 13.2 Å². The lowest BCUT2D eigenvalue weighted by Gasteiger charge is -2.20. The fourth-order valence-electron chi connectivity index (χ4n) is 3.40. The van der Waals surface area contributed by atoms with Gasteiger partial charge in [-0.1, -0.05) is 31.7 Å². The van der Waals surface area contributed by atoms with Gasteiger partial charge in [-0.3, -0.25) is 4.79 Å². The highest BCUT2D eigenvalue weighted by Crippen LogP contribution is 2.35. The fourth-order valence-corrected chi connectivity index (χ4v) is 4.62. The van der Waals surface area contributed by atoms with Crippen molar-refractivity contribution >= 4 is 32.2 Å². The minimum atomic E-state index is -3.35. The van der Waals surface area contributed by atoms with Crippen molar-refractivity contribution in [1.82, 2.24) is 9.97 Å². The molecule has 1 aliphatic rings. The minimum Gasteiger partial charge on any atom is -0.301 e. The number of amides is 1. The molecule has 0 aromatic carbocycles. The summed E-state index contributed by atoms with van der Waals surface area (Å²) in [6.45, 7) is 1.94. The number of hydrogen-bond acceptors (Lipinski definition) is 6. The van der Waals surface area contributed by atoms with Gasteiger partial charge >= 0.3 is 0 Å². The summed E-state index contributed by atoms with van der Waals surface area (Å²) in [6, 6.07) is 3.18. The van der Waals surface area contributed by atoms with Crippen molar-refractivity contribution in [1.29, 1.82) is 0 Å². The predicted molar refractivity (Wildman–Crippen MR) is 102 cm³/mol. The van der Waals surface area contributed by atoms with Gasteiger partial charge in [0.15, 0.2) is 20.0 Å². The molecule has 1 aliphatic carbocycles. The van der Waals surface area contributed by atoms with Gasteiger partial charge in [-0.2, -0.15) is 0 Å². The molecule has 2 aromatic heterocycles. The fraction of sp³-hybridized carbons (Fsp3) is 0.500. The van der Waals surface area contributed by atoms with Gasteiger partial charge in [0, 0.05) is 23.5 Å². The Labute approximate surface area is 158 Å². The van der Waals surface area contributed by atoms with E-state index in [2.05, 4.69) is 15.3 Å². The molecule has 1 N–H and O–H groups in total. The molecule has 6 nitrogen and oxygen atoms in total. The predicted octanol–water partition coefficient (Wildman–Crippen LogP) is 3.55. The highest BCUT2D eigenvalue weighted by molar-refractivity contribution is 7.90. The third-order valence-corrected chi connectivity index (χ3v) is 6.58. The van der Waals surface area contributed by atoms with E-state index in [0.29, 0.717) is 11.0 Å². The minimum absolute atomic E-state index is 0.0248. The van der Waals surface area contributed by atoms with Crippen LogP contribution in [0.25, 0.3) is 0 Å². The summed E-state index contributed by atoms with van der Waals surface area (Å²) in [6.07, 6.45) is 9.80. The van der Waals surface area contributed by atoms with Crippen LogP contribution in [0, 0.1) is 12.8 Å². The number of anilines is 1. The number of nitrogens with one attached hydrogen (secondary N) is 1. The summed E-state index contributed by atoms with van der Waals surface area (Å²) >= 11 is 1.44. The van der Waals surface area contributed by atoms with E-state index in [-0.39, 0.29) is 16.9 Å². The highest BCUT2D eigenvalue weighted by atomic mass is 32.2. The Morgan fingerprint density at radius 2 is 2.00 bits per heavy atom. The van der Waals surface area contributed by atoms with Gasteiger partial charge in [0.1, 0.15) is 0 Å². The number of rotatable bonds is 6. The number of pyridine rings is 1. The Morgan fingerprint density at radius 1 is 1.27 bits per heavy atom. The van der Waals surface area contributed by atoms with Gasteiger partial charge in [0.25, 0.3) is 0 Å². The van der Waals surface area contributed by atoms with E-state index in [0.717, 1.165) is 36.0 Å². The van der Waals surface area contributed by atoms with Crippen molar-refractivity contribution in [2.45, 2.75) is 50.0 Å². The zero-order chi connectivity index (χ0) is 18.7. The van der Waals surface area contributed by atoms with Crippen LogP contribution in [0.15, 0.2) is 29.6 Å². The topological polar surface area (TPSA) is 89.0 Å². The molecule has 1 saturated carbocycles. The third kappa shape index (κ3) is 4.67. The molecular formula is C18H23N3O3S2. The molecule has 140 valence electrons. The Hall–Kier alpha value is -1.80. The van der Waals surface area contributed by atoms with Crippen LogP contribution in [0.5, 0.6) is 0 Å². The van der Waals surface area contributed by atoms with Gasteiger partial charge in [0.2, 0.25) is 5.91 Å². The number of thiazole rings is 1. The number of sulfone groups is 1. The number of carbonyl (C=O) groups is 1. The standard InChI is InChI=1S/C18H23N3O3S2/c1-12-10-20-18(25-12)21-17(22)15(9-13-5-3-4-6-13)14-7-8-16(19-11-14)26(2,23)24/h7-8,10-11,13,15H,3-6,9H2,1-2H3,(H,20,21,22). The van der Waals surface area contributed by atoms with Gasteiger partial charge in [-0.15, -0.1) is 11.3 Å². The first-order chi connectivity index (χ1) is 12.3. The van der Waals surface area contributed by atoms with Crippen molar-refractivity contribution in [2.75, 3.05) is 11.6 Å². The zero-order valence-corrected chi connectivity index (χ0v) is 16.6. The number of hydrogen-bond donors (Lipinski definition) is 1. The number of aromatic nitrogens is 2. The number of aryl methyl sites for hydroxylation is 1. The maximum atomic E-state index is 12.9. The van der Waals surface area contributed by atoms with E-state index < -0.39 is 9.84 Å². The second-order valence-electron chi connectivity index (χ2n) is 6.91. The van der Waals surface area contributed by atoms with Crippen LogP contribution < -0.4 is 5.32 Å². The van der Waals surface area contributed by atoms with E-state index >= 15 is 0 Å². The molecule has 0 aliphatic heterocycles.